The lowest BCUT2D eigenvalue weighted by Gasteiger charge is -2.38. The zero-order valence-corrected chi connectivity index (χ0v) is 14.2. The molecule has 0 fully saturated rings. The molecule has 6 heteroatoms. The number of rotatable bonds is 2. The molecule has 22 heavy (non-hydrogen) atoms. The number of benzene rings is 1. The van der Waals surface area contributed by atoms with E-state index in [0.29, 0.717) is 23.7 Å². The van der Waals surface area contributed by atoms with Crippen LogP contribution in [0.4, 0.5) is 4.79 Å². The van der Waals surface area contributed by atoms with Crippen molar-refractivity contribution in [1.82, 2.24) is 4.90 Å². The number of fused-ring (bicyclic) bond motifs is 1. The molecular weight excluding hydrogens is 304 g/mol. The maximum Gasteiger partial charge on any atom is 0.410 e. The van der Waals surface area contributed by atoms with E-state index in [1.807, 2.05) is 32.9 Å². The number of carbonyl (C=O) groups excluding carboxylic acids is 1. The summed E-state index contributed by atoms with van der Waals surface area (Å²) in [5, 5.41) is 0.679. The van der Waals surface area contributed by atoms with Gasteiger partial charge in [-0.2, -0.15) is 0 Å². The van der Waals surface area contributed by atoms with Crippen molar-refractivity contribution in [3.05, 3.63) is 28.3 Å². The number of amides is 1. The van der Waals surface area contributed by atoms with Crippen molar-refractivity contribution < 1.29 is 14.3 Å². The standard InChI is InChI=1S/C16H23ClN2O3/c1-16(2,3)22-15(20)19-8-7-10-11(17)5-6-13(21-4)14(10)12(19)9-18/h5-6,12H,7-9,18H2,1-4H3/t12-/m1/s1. The highest BCUT2D eigenvalue weighted by Crippen LogP contribution is 2.40. The van der Waals surface area contributed by atoms with E-state index in [4.69, 9.17) is 26.8 Å². The van der Waals surface area contributed by atoms with Crippen LogP contribution in [0.3, 0.4) is 0 Å². The molecule has 0 saturated carbocycles. The second-order valence-corrected chi connectivity index (χ2v) is 6.72. The van der Waals surface area contributed by atoms with Gasteiger partial charge in [0.15, 0.2) is 0 Å². The number of hydrogen-bond acceptors (Lipinski definition) is 4. The quantitative estimate of drug-likeness (QED) is 0.906. The van der Waals surface area contributed by atoms with Crippen LogP contribution >= 0.6 is 11.6 Å². The highest BCUT2D eigenvalue weighted by Gasteiger charge is 2.35. The Balaban J connectivity index is 2.40. The van der Waals surface area contributed by atoms with Crippen LogP contribution in [0, 0.1) is 0 Å². The predicted molar refractivity (Wildman–Crippen MR) is 86.4 cm³/mol. The van der Waals surface area contributed by atoms with Crippen molar-refractivity contribution in [2.45, 2.75) is 38.8 Å². The summed E-state index contributed by atoms with van der Waals surface area (Å²) in [7, 11) is 1.60. The summed E-state index contributed by atoms with van der Waals surface area (Å²) in [6.07, 6.45) is 0.289. The third-order valence-corrected chi connectivity index (χ3v) is 4.00. The van der Waals surface area contributed by atoms with Crippen LogP contribution < -0.4 is 10.5 Å². The molecule has 1 atom stereocenters. The Kier molecular flexibility index (Phi) is 4.87. The highest BCUT2D eigenvalue weighted by atomic mass is 35.5. The van der Waals surface area contributed by atoms with Gasteiger partial charge in [-0.05, 0) is 44.9 Å². The summed E-state index contributed by atoms with van der Waals surface area (Å²) in [6, 6.07) is 3.32. The number of halogens is 1. The highest BCUT2D eigenvalue weighted by molar-refractivity contribution is 6.31. The fraction of sp³-hybridized carbons (Fsp3) is 0.562. The van der Waals surface area contributed by atoms with Gasteiger partial charge in [0.2, 0.25) is 0 Å². The minimum atomic E-state index is -0.547. The molecule has 0 saturated heterocycles. The molecule has 1 aromatic carbocycles. The molecule has 1 aromatic rings. The van der Waals surface area contributed by atoms with Crippen molar-refractivity contribution in [1.29, 1.82) is 0 Å². The zero-order valence-electron chi connectivity index (χ0n) is 13.5. The Hall–Kier alpha value is -1.46. The van der Waals surface area contributed by atoms with Gasteiger partial charge in [0.05, 0.1) is 13.2 Å². The van der Waals surface area contributed by atoms with Crippen LogP contribution in [0.1, 0.15) is 37.9 Å². The largest absolute Gasteiger partial charge is 0.496 e. The Bertz CT molecular complexity index is 569. The molecule has 0 radical (unpaired) electrons. The average Bonchev–Trinajstić information content (AvgIpc) is 2.44. The summed E-state index contributed by atoms with van der Waals surface area (Å²) in [5.41, 5.74) is 7.27. The first-order chi connectivity index (χ1) is 10.3. The lowest BCUT2D eigenvalue weighted by Crippen LogP contribution is -2.45. The molecule has 5 nitrogen and oxygen atoms in total. The second kappa shape index (κ2) is 6.34. The van der Waals surface area contributed by atoms with Crippen LogP contribution in [0.2, 0.25) is 5.02 Å². The van der Waals surface area contributed by atoms with Gasteiger partial charge in [0.25, 0.3) is 0 Å². The molecule has 0 aliphatic carbocycles. The predicted octanol–water partition coefficient (Wildman–Crippen LogP) is 3.14. The van der Waals surface area contributed by atoms with E-state index >= 15 is 0 Å². The van der Waals surface area contributed by atoms with Crippen LogP contribution in [0.25, 0.3) is 0 Å². The number of ether oxygens (including phenoxy) is 2. The molecule has 2 N–H and O–H groups in total. The minimum absolute atomic E-state index is 0.281. The van der Waals surface area contributed by atoms with Gasteiger partial charge in [-0.1, -0.05) is 11.6 Å². The average molecular weight is 327 g/mol. The number of nitrogens with two attached hydrogens (primary N) is 1. The topological polar surface area (TPSA) is 64.8 Å². The number of hydrogen-bond donors (Lipinski definition) is 1. The van der Waals surface area contributed by atoms with E-state index < -0.39 is 5.60 Å². The van der Waals surface area contributed by atoms with Crippen molar-refractivity contribution in [3.63, 3.8) is 0 Å². The van der Waals surface area contributed by atoms with Gasteiger partial charge in [-0.3, -0.25) is 4.90 Å². The van der Waals surface area contributed by atoms with Crippen molar-refractivity contribution >= 4 is 17.7 Å². The lowest BCUT2D eigenvalue weighted by molar-refractivity contribution is 0.0147. The molecule has 122 valence electrons. The Morgan fingerprint density at radius 3 is 2.68 bits per heavy atom. The normalized spacial score (nSPS) is 17.9. The summed E-state index contributed by atoms with van der Waals surface area (Å²) >= 11 is 6.30. The fourth-order valence-corrected chi connectivity index (χ4v) is 3.00. The SMILES string of the molecule is COc1ccc(Cl)c2c1[C@@H](CN)N(C(=O)OC(C)(C)C)CC2. The third-order valence-electron chi connectivity index (χ3n) is 3.64. The van der Waals surface area contributed by atoms with Crippen LogP contribution in [0.5, 0.6) is 5.75 Å². The molecule has 0 spiro atoms. The number of nitrogens with zero attached hydrogens (tertiary/aromatic N) is 1. The van der Waals surface area contributed by atoms with E-state index in [1.54, 1.807) is 12.0 Å². The summed E-state index contributed by atoms with van der Waals surface area (Å²) in [6.45, 7) is 6.34. The van der Waals surface area contributed by atoms with E-state index in [-0.39, 0.29) is 18.7 Å². The molecule has 0 bridgehead atoms. The third kappa shape index (κ3) is 3.31. The summed E-state index contributed by atoms with van der Waals surface area (Å²) in [4.78, 5) is 14.1. The first-order valence-electron chi connectivity index (χ1n) is 7.33. The van der Waals surface area contributed by atoms with Gasteiger partial charge >= 0.3 is 6.09 Å². The van der Waals surface area contributed by atoms with Crippen LogP contribution in [0.15, 0.2) is 12.1 Å². The number of methoxy groups -OCH3 is 1. The Labute approximate surface area is 136 Å². The smallest absolute Gasteiger partial charge is 0.410 e. The molecule has 0 unspecified atom stereocenters. The van der Waals surface area contributed by atoms with Gasteiger partial charge in [0, 0.05) is 23.7 Å². The Morgan fingerprint density at radius 2 is 2.14 bits per heavy atom. The van der Waals surface area contributed by atoms with Crippen molar-refractivity contribution in [2.75, 3.05) is 20.2 Å². The summed E-state index contributed by atoms with van der Waals surface area (Å²) in [5.74, 6) is 0.697. The van der Waals surface area contributed by atoms with E-state index in [2.05, 4.69) is 0 Å². The summed E-state index contributed by atoms with van der Waals surface area (Å²) < 4.78 is 10.9. The first kappa shape index (κ1) is 16.9. The molecule has 1 aliphatic rings. The fourth-order valence-electron chi connectivity index (χ4n) is 2.74. The van der Waals surface area contributed by atoms with Gasteiger partial charge in [-0.15, -0.1) is 0 Å². The minimum Gasteiger partial charge on any atom is -0.496 e. The van der Waals surface area contributed by atoms with Gasteiger partial charge < -0.3 is 15.2 Å². The van der Waals surface area contributed by atoms with E-state index in [9.17, 15) is 4.79 Å². The number of carbonyl (C=O) groups is 1. The van der Waals surface area contributed by atoms with Crippen molar-refractivity contribution in [3.8, 4) is 5.75 Å². The second-order valence-electron chi connectivity index (χ2n) is 6.32. The van der Waals surface area contributed by atoms with Gasteiger partial charge in [-0.25, -0.2) is 4.79 Å². The monoisotopic (exact) mass is 326 g/mol. The van der Waals surface area contributed by atoms with E-state index in [0.717, 1.165) is 11.1 Å². The zero-order chi connectivity index (χ0) is 16.5. The van der Waals surface area contributed by atoms with Crippen LogP contribution in [-0.2, 0) is 11.2 Å². The lowest BCUT2D eigenvalue weighted by atomic mass is 9.91. The Morgan fingerprint density at radius 1 is 1.45 bits per heavy atom. The maximum absolute atomic E-state index is 12.5. The van der Waals surface area contributed by atoms with Gasteiger partial charge in [0.1, 0.15) is 11.4 Å². The molecule has 2 rings (SSSR count). The first-order valence-corrected chi connectivity index (χ1v) is 7.71. The molecule has 0 aromatic heterocycles. The maximum atomic E-state index is 12.5. The van der Waals surface area contributed by atoms with Crippen molar-refractivity contribution in [2.24, 2.45) is 5.73 Å². The van der Waals surface area contributed by atoms with Crippen LogP contribution in [-0.4, -0.2) is 36.8 Å². The molecule has 1 heterocycles. The molecule has 1 aliphatic heterocycles. The molecular formula is C16H23ClN2O3. The van der Waals surface area contributed by atoms with E-state index in [1.165, 1.54) is 0 Å². The molecule has 1 amide bonds.